The Hall–Kier alpha value is -0.820. The van der Waals surface area contributed by atoms with E-state index in [1.54, 1.807) is 0 Å². The Bertz CT molecular complexity index is 242. The molecule has 0 bridgehead atoms. The standard InChI is InChI=1S/C11H15N/c1-9-7-11(8-12-9)10-5-3-2-4-6-10/h2-6,9,11-12H,7-8H2,1H3/t9?,11-/m1/s1. The van der Waals surface area contributed by atoms with Crippen molar-refractivity contribution in [2.24, 2.45) is 0 Å². The summed E-state index contributed by atoms with van der Waals surface area (Å²) >= 11 is 0. The van der Waals surface area contributed by atoms with Crippen LogP contribution in [0.4, 0.5) is 0 Å². The topological polar surface area (TPSA) is 12.0 Å². The molecule has 1 aliphatic rings. The lowest BCUT2D eigenvalue weighted by molar-refractivity contribution is 0.658. The fraction of sp³-hybridized carbons (Fsp3) is 0.455. The van der Waals surface area contributed by atoms with Crippen LogP contribution in [-0.4, -0.2) is 12.6 Å². The van der Waals surface area contributed by atoms with Gasteiger partial charge in [-0.15, -0.1) is 0 Å². The zero-order valence-electron chi connectivity index (χ0n) is 7.46. The lowest BCUT2D eigenvalue weighted by atomic mass is 9.97. The van der Waals surface area contributed by atoms with Gasteiger partial charge >= 0.3 is 0 Å². The molecular formula is C11H15N. The van der Waals surface area contributed by atoms with Gasteiger partial charge in [0, 0.05) is 12.6 Å². The van der Waals surface area contributed by atoms with Crippen LogP contribution in [0, 0.1) is 0 Å². The van der Waals surface area contributed by atoms with Crippen LogP contribution in [0.2, 0.25) is 0 Å². The third kappa shape index (κ3) is 1.51. The van der Waals surface area contributed by atoms with Gasteiger partial charge in [-0.1, -0.05) is 30.3 Å². The van der Waals surface area contributed by atoms with Crippen molar-refractivity contribution in [3.8, 4) is 0 Å². The Labute approximate surface area is 73.8 Å². The molecule has 1 aliphatic heterocycles. The van der Waals surface area contributed by atoms with Crippen LogP contribution in [0.15, 0.2) is 30.3 Å². The molecule has 1 heteroatoms. The van der Waals surface area contributed by atoms with Gasteiger partial charge in [-0.3, -0.25) is 0 Å². The second-order valence-electron chi connectivity index (χ2n) is 3.65. The molecule has 1 saturated heterocycles. The molecule has 0 aliphatic carbocycles. The Balaban J connectivity index is 2.11. The fourth-order valence-electron chi connectivity index (χ4n) is 1.92. The van der Waals surface area contributed by atoms with Gasteiger partial charge in [0.25, 0.3) is 0 Å². The van der Waals surface area contributed by atoms with Crippen molar-refractivity contribution in [3.05, 3.63) is 35.9 Å². The molecule has 1 fully saturated rings. The van der Waals surface area contributed by atoms with E-state index in [0.29, 0.717) is 6.04 Å². The summed E-state index contributed by atoms with van der Waals surface area (Å²) in [6.07, 6.45) is 1.28. The molecule has 1 aromatic carbocycles. The van der Waals surface area contributed by atoms with E-state index in [-0.39, 0.29) is 0 Å². The maximum absolute atomic E-state index is 3.47. The minimum absolute atomic E-state index is 0.690. The van der Waals surface area contributed by atoms with Gasteiger partial charge in [0.2, 0.25) is 0 Å². The van der Waals surface area contributed by atoms with E-state index >= 15 is 0 Å². The van der Waals surface area contributed by atoms with Crippen LogP contribution in [0.5, 0.6) is 0 Å². The largest absolute Gasteiger partial charge is 0.314 e. The highest BCUT2D eigenvalue weighted by Gasteiger charge is 2.21. The van der Waals surface area contributed by atoms with Gasteiger partial charge in [-0.05, 0) is 24.8 Å². The first-order valence-corrected chi connectivity index (χ1v) is 4.64. The maximum atomic E-state index is 3.47. The predicted molar refractivity (Wildman–Crippen MR) is 51.3 cm³/mol. The first kappa shape index (κ1) is 7.81. The molecule has 1 heterocycles. The molecule has 0 amide bonds. The zero-order chi connectivity index (χ0) is 8.39. The summed E-state index contributed by atoms with van der Waals surface area (Å²) in [5, 5.41) is 3.47. The molecule has 64 valence electrons. The second-order valence-corrected chi connectivity index (χ2v) is 3.65. The van der Waals surface area contributed by atoms with E-state index in [0.717, 1.165) is 12.5 Å². The molecule has 2 atom stereocenters. The third-order valence-electron chi connectivity index (χ3n) is 2.62. The molecule has 0 aromatic heterocycles. The Kier molecular flexibility index (Phi) is 2.13. The molecule has 2 rings (SSSR count). The molecule has 0 spiro atoms. The average molecular weight is 161 g/mol. The molecule has 12 heavy (non-hydrogen) atoms. The van der Waals surface area contributed by atoms with E-state index in [2.05, 4.69) is 42.6 Å². The lowest BCUT2D eigenvalue weighted by Crippen LogP contribution is -2.16. The third-order valence-corrected chi connectivity index (χ3v) is 2.62. The number of hydrogen-bond acceptors (Lipinski definition) is 1. The van der Waals surface area contributed by atoms with E-state index < -0.39 is 0 Å². The van der Waals surface area contributed by atoms with Gasteiger partial charge in [-0.25, -0.2) is 0 Å². The van der Waals surface area contributed by atoms with Crippen LogP contribution >= 0.6 is 0 Å². The van der Waals surface area contributed by atoms with Crippen LogP contribution in [0.25, 0.3) is 0 Å². The van der Waals surface area contributed by atoms with Gasteiger partial charge in [0.1, 0.15) is 0 Å². The molecule has 1 N–H and O–H groups in total. The van der Waals surface area contributed by atoms with E-state index in [1.165, 1.54) is 12.0 Å². The van der Waals surface area contributed by atoms with Gasteiger partial charge in [-0.2, -0.15) is 0 Å². The highest BCUT2D eigenvalue weighted by atomic mass is 14.9. The summed E-state index contributed by atoms with van der Waals surface area (Å²) in [6.45, 7) is 3.40. The van der Waals surface area contributed by atoms with Crippen molar-refractivity contribution in [1.82, 2.24) is 5.32 Å². The second kappa shape index (κ2) is 3.28. The number of benzene rings is 1. The summed E-state index contributed by atoms with van der Waals surface area (Å²) in [5.41, 5.74) is 1.48. The van der Waals surface area contributed by atoms with Crippen molar-refractivity contribution in [1.29, 1.82) is 0 Å². The van der Waals surface area contributed by atoms with Crippen molar-refractivity contribution in [2.45, 2.75) is 25.3 Å². The van der Waals surface area contributed by atoms with Gasteiger partial charge < -0.3 is 5.32 Å². The minimum atomic E-state index is 0.690. The predicted octanol–water partition coefficient (Wildman–Crippen LogP) is 2.15. The average Bonchev–Trinajstić information content (AvgIpc) is 2.54. The van der Waals surface area contributed by atoms with E-state index in [4.69, 9.17) is 0 Å². The van der Waals surface area contributed by atoms with Gasteiger partial charge in [0.15, 0.2) is 0 Å². The summed E-state index contributed by atoms with van der Waals surface area (Å²) < 4.78 is 0. The summed E-state index contributed by atoms with van der Waals surface area (Å²) in [6, 6.07) is 11.5. The minimum Gasteiger partial charge on any atom is -0.314 e. The van der Waals surface area contributed by atoms with E-state index in [9.17, 15) is 0 Å². The van der Waals surface area contributed by atoms with Crippen LogP contribution in [-0.2, 0) is 0 Å². The smallest absolute Gasteiger partial charge is 0.00452 e. The molecule has 0 saturated carbocycles. The lowest BCUT2D eigenvalue weighted by Gasteiger charge is -2.07. The first-order chi connectivity index (χ1) is 5.86. The summed E-state index contributed by atoms with van der Waals surface area (Å²) in [7, 11) is 0. The number of nitrogens with one attached hydrogen (secondary N) is 1. The van der Waals surface area contributed by atoms with Crippen molar-refractivity contribution >= 4 is 0 Å². The highest BCUT2D eigenvalue weighted by Crippen LogP contribution is 2.24. The summed E-state index contributed by atoms with van der Waals surface area (Å²) in [5.74, 6) is 0.737. The van der Waals surface area contributed by atoms with Crippen LogP contribution in [0.3, 0.4) is 0 Å². The van der Waals surface area contributed by atoms with Crippen LogP contribution in [0.1, 0.15) is 24.8 Å². The maximum Gasteiger partial charge on any atom is 0.00452 e. The van der Waals surface area contributed by atoms with Crippen molar-refractivity contribution in [3.63, 3.8) is 0 Å². The molecule has 1 nitrogen and oxygen atoms in total. The Morgan fingerprint density at radius 3 is 2.58 bits per heavy atom. The molecule has 0 radical (unpaired) electrons. The number of hydrogen-bond donors (Lipinski definition) is 1. The highest BCUT2D eigenvalue weighted by molar-refractivity contribution is 5.21. The SMILES string of the molecule is CC1C[C@@H](c2ccccc2)CN1. The normalized spacial score (nSPS) is 29.1. The Morgan fingerprint density at radius 1 is 1.25 bits per heavy atom. The van der Waals surface area contributed by atoms with E-state index in [1.807, 2.05) is 0 Å². The fourth-order valence-corrected chi connectivity index (χ4v) is 1.92. The Morgan fingerprint density at radius 2 is 2.00 bits per heavy atom. The van der Waals surface area contributed by atoms with Gasteiger partial charge in [0.05, 0.1) is 0 Å². The van der Waals surface area contributed by atoms with Crippen LogP contribution < -0.4 is 5.32 Å². The summed E-state index contributed by atoms with van der Waals surface area (Å²) in [4.78, 5) is 0. The molecular weight excluding hydrogens is 146 g/mol. The zero-order valence-corrected chi connectivity index (χ0v) is 7.46. The molecule has 1 aromatic rings. The van der Waals surface area contributed by atoms with Crippen molar-refractivity contribution < 1.29 is 0 Å². The number of rotatable bonds is 1. The first-order valence-electron chi connectivity index (χ1n) is 4.64. The van der Waals surface area contributed by atoms with Crippen molar-refractivity contribution in [2.75, 3.05) is 6.54 Å². The molecule has 1 unspecified atom stereocenters. The quantitative estimate of drug-likeness (QED) is 0.665. The monoisotopic (exact) mass is 161 g/mol.